The van der Waals surface area contributed by atoms with Crippen molar-refractivity contribution in [2.24, 2.45) is 5.41 Å². The third kappa shape index (κ3) is 10.3. The first-order chi connectivity index (χ1) is 30.5. The minimum absolute atomic E-state index is 0.0141. The van der Waals surface area contributed by atoms with E-state index in [1.165, 1.54) is 22.3 Å². The van der Waals surface area contributed by atoms with Crippen LogP contribution < -0.4 is 31.3 Å². The van der Waals surface area contributed by atoms with E-state index in [1.54, 1.807) is 47.4 Å². The number of carbonyl (C=O) groups excluding carboxylic acids is 5. The number of amides is 5. The Kier molecular flexibility index (Phi) is 13.3. The Morgan fingerprint density at radius 1 is 1.02 bits per heavy atom. The van der Waals surface area contributed by atoms with Gasteiger partial charge in [0.25, 0.3) is 5.91 Å². The molecular formula is C43H45ClFN11O6S. The summed E-state index contributed by atoms with van der Waals surface area (Å²) in [7, 11) is 0. The van der Waals surface area contributed by atoms with Crippen LogP contribution in [-0.2, 0) is 45.2 Å². The van der Waals surface area contributed by atoms with Gasteiger partial charge in [-0.2, -0.15) is 0 Å². The van der Waals surface area contributed by atoms with E-state index in [0.29, 0.717) is 85.2 Å². The van der Waals surface area contributed by atoms with Gasteiger partial charge in [-0.1, -0.05) is 35.0 Å². The predicted octanol–water partition coefficient (Wildman–Crippen LogP) is 4.91. The van der Waals surface area contributed by atoms with E-state index in [4.69, 9.17) is 21.3 Å². The molecule has 2 fully saturated rings. The zero-order valence-corrected chi connectivity index (χ0v) is 35.6. The van der Waals surface area contributed by atoms with Crippen LogP contribution in [0.1, 0.15) is 72.3 Å². The lowest BCUT2D eigenvalue weighted by molar-refractivity contribution is -0.137. The van der Waals surface area contributed by atoms with Crippen molar-refractivity contribution < 1.29 is 33.1 Å². The molecule has 8 rings (SSSR count). The van der Waals surface area contributed by atoms with Crippen LogP contribution in [-0.4, -0.2) is 84.6 Å². The molecule has 1 atom stereocenters. The molecule has 2 aliphatic heterocycles. The number of anilines is 3. The lowest BCUT2D eigenvalue weighted by Crippen LogP contribution is -2.52. The van der Waals surface area contributed by atoms with Crippen LogP contribution in [0.3, 0.4) is 0 Å². The number of thiazole rings is 1. The minimum atomic E-state index is -0.820. The van der Waals surface area contributed by atoms with Crippen molar-refractivity contribution in [1.29, 1.82) is 0 Å². The number of nitrogens with one attached hydrogen (secondary N) is 5. The van der Waals surface area contributed by atoms with Gasteiger partial charge in [0, 0.05) is 73.0 Å². The summed E-state index contributed by atoms with van der Waals surface area (Å²) in [5.74, 6) is -1.45. The van der Waals surface area contributed by atoms with E-state index in [9.17, 15) is 28.4 Å². The van der Waals surface area contributed by atoms with Crippen LogP contribution in [0.25, 0.3) is 0 Å². The molecular weight excluding hydrogens is 853 g/mol. The number of piperidine rings is 1. The van der Waals surface area contributed by atoms with Crippen LogP contribution >= 0.6 is 22.9 Å². The molecule has 0 bridgehead atoms. The molecule has 328 valence electrons. The molecule has 5 amide bonds. The fourth-order valence-electron chi connectivity index (χ4n) is 8.21. The average Bonchev–Trinajstić information content (AvgIpc) is 4.04. The smallest absolute Gasteiger partial charge is 0.255 e. The monoisotopic (exact) mass is 897 g/mol. The second-order valence-corrected chi connectivity index (χ2v) is 17.0. The highest BCUT2D eigenvalue weighted by molar-refractivity contribution is 7.13. The van der Waals surface area contributed by atoms with Crippen LogP contribution in [0, 0.1) is 11.2 Å². The first-order valence-corrected chi connectivity index (χ1v) is 22.0. The number of benzene rings is 2. The fourth-order valence-corrected chi connectivity index (χ4v) is 8.91. The first-order valence-electron chi connectivity index (χ1n) is 20.7. The zero-order chi connectivity index (χ0) is 43.9. The number of aromatic nitrogens is 5. The van der Waals surface area contributed by atoms with Crippen molar-refractivity contribution in [1.82, 2.24) is 45.8 Å². The van der Waals surface area contributed by atoms with Crippen LogP contribution in [0.5, 0.6) is 5.75 Å². The van der Waals surface area contributed by atoms with E-state index in [-0.39, 0.29) is 72.9 Å². The van der Waals surface area contributed by atoms with Crippen molar-refractivity contribution in [2.45, 2.75) is 83.1 Å². The molecule has 1 aliphatic carbocycles. The standard InChI is InChI=1S/C43H45ClFN11O6S/c44-31-6-3-8-34(38(31)45)62-28-12-15-43(16-13-28,22-26-4-1-9-35(49-26)51-42-47-19-21-63-42)41(61)48-23-27-24-55(54-53-27)20-18-46-17-14-37(58)50-32-7-2-5-29-30(32)25-56(40(29)60)33-10-11-36(57)52-39(33)59/h1-9,19,21,24,28,33,46H,10-18,20,22-23,25H2,(H,48,61)(H,50,58)(H,47,49,51)(H,52,57,59). The lowest BCUT2D eigenvalue weighted by Gasteiger charge is -2.39. The van der Waals surface area contributed by atoms with Crippen molar-refractivity contribution >= 4 is 69.1 Å². The fraction of sp³-hybridized carbons (Fsp3) is 0.372. The number of carbonyl (C=O) groups is 5. The summed E-state index contributed by atoms with van der Waals surface area (Å²) >= 11 is 7.45. The molecule has 0 radical (unpaired) electrons. The van der Waals surface area contributed by atoms with Gasteiger partial charge < -0.3 is 30.9 Å². The van der Waals surface area contributed by atoms with Gasteiger partial charge in [-0.25, -0.2) is 14.4 Å². The van der Waals surface area contributed by atoms with Crippen LogP contribution in [0.4, 0.5) is 21.0 Å². The Balaban J connectivity index is 0.814. The summed E-state index contributed by atoms with van der Waals surface area (Å²) in [5, 5.41) is 25.8. The van der Waals surface area contributed by atoms with Crippen LogP contribution in [0.2, 0.25) is 5.02 Å². The van der Waals surface area contributed by atoms with Gasteiger partial charge >= 0.3 is 0 Å². The zero-order valence-electron chi connectivity index (χ0n) is 34.1. The molecule has 5 N–H and O–H groups in total. The van der Waals surface area contributed by atoms with Gasteiger partial charge in [-0.05, 0) is 68.5 Å². The van der Waals surface area contributed by atoms with Gasteiger partial charge in [0.15, 0.2) is 16.7 Å². The molecule has 17 nitrogen and oxygen atoms in total. The molecule has 2 aromatic carbocycles. The summed E-state index contributed by atoms with van der Waals surface area (Å²) in [4.78, 5) is 74.8. The van der Waals surface area contributed by atoms with Crippen molar-refractivity contribution in [3.05, 3.63) is 106 Å². The molecule has 3 aromatic heterocycles. The minimum Gasteiger partial charge on any atom is -0.487 e. The van der Waals surface area contributed by atoms with E-state index < -0.39 is 23.2 Å². The maximum atomic E-state index is 14.7. The highest BCUT2D eigenvalue weighted by atomic mass is 35.5. The molecule has 5 heterocycles. The van der Waals surface area contributed by atoms with Gasteiger partial charge in [0.2, 0.25) is 23.6 Å². The Hall–Kier alpha value is -6.31. The second-order valence-electron chi connectivity index (χ2n) is 15.7. The number of rotatable bonds is 17. The SMILES string of the molecule is O=C1CCC(N2Cc3c(NC(=O)CCNCCn4cc(CNC(=O)C5(Cc6cccc(Nc7nccs7)n6)CCC(Oc6cccc(Cl)c6F)CC5)nn4)cccc3C2=O)C(=O)N1. The van der Waals surface area contributed by atoms with Gasteiger partial charge in [-0.3, -0.25) is 34.0 Å². The number of nitrogens with zero attached hydrogens (tertiary/aromatic N) is 6. The predicted molar refractivity (Wildman–Crippen MR) is 231 cm³/mol. The largest absolute Gasteiger partial charge is 0.487 e. The van der Waals surface area contributed by atoms with Crippen LogP contribution in [0.15, 0.2) is 72.4 Å². The molecule has 1 saturated heterocycles. The number of hydrogen-bond acceptors (Lipinski definition) is 13. The second kappa shape index (κ2) is 19.4. The molecule has 5 aromatic rings. The number of halogens is 2. The lowest BCUT2D eigenvalue weighted by atomic mass is 9.69. The third-order valence-electron chi connectivity index (χ3n) is 11.5. The normalized spacial score (nSPS) is 19.7. The molecule has 1 unspecified atom stereocenters. The topological polar surface area (TPSA) is 214 Å². The third-order valence-corrected chi connectivity index (χ3v) is 12.5. The van der Waals surface area contributed by atoms with Crippen molar-refractivity contribution in [3.8, 4) is 5.75 Å². The van der Waals surface area contributed by atoms with Gasteiger partial charge in [-0.15, -0.1) is 16.4 Å². The Labute approximate surface area is 370 Å². The maximum Gasteiger partial charge on any atom is 0.255 e. The number of imide groups is 1. The summed E-state index contributed by atoms with van der Waals surface area (Å²) in [5.41, 5.74) is 2.05. The Morgan fingerprint density at radius 3 is 2.65 bits per heavy atom. The first kappa shape index (κ1) is 43.3. The number of pyridine rings is 1. The van der Waals surface area contributed by atoms with Crippen molar-refractivity contribution in [3.63, 3.8) is 0 Å². The Morgan fingerprint density at radius 2 is 1.84 bits per heavy atom. The molecule has 0 spiro atoms. The van der Waals surface area contributed by atoms with E-state index >= 15 is 0 Å². The quantitative estimate of drug-likeness (QED) is 0.0622. The molecule has 1 saturated carbocycles. The molecule has 20 heteroatoms. The maximum absolute atomic E-state index is 14.7. The van der Waals surface area contributed by atoms with E-state index in [2.05, 4.69) is 41.9 Å². The summed E-state index contributed by atoms with van der Waals surface area (Å²) < 4.78 is 22.4. The van der Waals surface area contributed by atoms with E-state index in [1.807, 2.05) is 23.6 Å². The number of hydrogen-bond donors (Lipinski definition) is 5. The van der Waals surface area contributed by atoms with Crippen molar-refractivity contribution in [2.75, 3.05) is 23.7 Å². The molecule has 63 heavy (non-hydrogen) atoms. The highest BCUT2D eigenvalue weighted by Gasteiger charge is 2.43. The van der Waals surface area contributed by atoms with Gasteiger partial charge in [0.1, 0.15) is 17.6 Å². The van der Waals surface area contributed by atoms with Gasteiger partial charge in [0.05, 0.1) is 35.8 Å². The van der Waals surface area contributed by atoms with E-state index in [0.717, 1.165) is 5.69 Å². The summed E-state index contributed by atoms with van der Waals surface area (Å²) in [6.07, 6.45) is 6.10. The highest BCUT2D eigenvalue weighted by Crippen LogP contribution is 2.41. The molecule has 3 aliphatic rings. The Bertz CT molecular complexity index is 2500. The summed E-state index contributed by atoms with van der Waals surface area (Å²) in [6, 6.07) is 14.6. The summed E-state index contributed by atoms with van der Waals surface area (Å²) in [6.45, 7) is 1.64. The number of ether oxygens (including phenoxy) is 1. The number of fused-ring (bicyclic) bond motifs is 1. The average molecular weight is 898 g/mol.